The Kier molecular flexibility index (Phi) is 6.27. The number of nitrogens with zero attached hydrogens (tertiary/aromatic N) is 2. The number of hydrogen-bond donors (Lipinski definition) is 0. The summed E-state index contributed by atoms with van der Waals surface area (Å²) in [7, 11) is 0. The summed E-state index contributed by atoms with van der Waals surface area (Å²) in [4.78, 5) is 27.4. The standard InChI is InChI=1S/C27H20Br2N2O2S/c1-16-13-19(17(2)31(16)24-12-11-23(29)21-5-3-4-6-22(21)24)14-25-26(32)30(27(33)34-25)15-18-7-9-20(28)10-8-18/h3-14H,15H2,1-2H3/b25-14-. The summed E-state index contributed by atoms with van der Waals surface area (Å²) >= 11 is 8.06. The Hall–Kier alpha value is -2.61. The van der Waals surface area contributed by atoms with E-state index >= 15 is 0 Å². The molecule has 1 aliphatic heterocycles. The van der Waals surface area contributed by atoms with E-state index in [9.17, 15) is 9.59 Å². The van der Waals surface area contributed by atoms with Gasteiger partial charge in [0, 0.05) is 25.7 Å². The van der Waals surface area contributed by atoms with Crippen LogP contribution in [0.2, 0.25) is 0 Å². The third kappa shape index (κ3) is 4.17. The Balaban J connectivity index is 1.50. The van der Waals surface area contributed by atoms with Crippen LogP contribution in [0.4, 0.5) is 4.79 Å². The van der Waals surface area contributed by atoms with E-state index < -0.39 is 0 Å². The molecular formula is C27H20Br2N2O2S. The highest BCUT2D eigenvalue weighted by atomic mass is 79.9. The van der Waals surface area contributed by atoms with Gasteiger partial charge in [-0.15, -0.1) is 0 Å². The van der Waals surface area contributed by atoms with Crippen LogP contribution in [0.1, 0.15) is 22.5 Å². The summed E-state index contributed by atoms with van der Waals surface area (Å²) in [6.07, 6.45) is 1.84. The maximum absolute atomic E-state index is 13.1. The molecule has 0 bridgehead atoms. The normalized spacial score (nSPS) is 15.2. The van der Waals surface area contributed by atoms with E-state index in [0.29, 0.717) is 4.91 Å². The summed E-state index contributed by atoms with van der Waals surface area (Å²) in [5.41, 5.74) is 5.00. The molecule has 4 aromatic rings. The van der Waals surface area contributed by atoms with E-state index in [0.717, 1.165) is 59.7 Å². The molecule has 1 saturated heterocycles. The van der Waals surface area contributed by atoms with Crippen LogP contribution >= 0.6 is 43.6 Å². The highest BCUT2D eigenvalue weighted by Gasteiger charge is 2.35. The molecule has 1 aromatic heterocycles. The largest absolute Gasteiger partial charge is 0.317 e. The quantitative estimate of drug-likeness (QED) is 0.224. The number of fused-ring (bicyclic) bond motifs is 1. The van der Waals surface area contributed by atoms with Crippen LogP contribution in [-0.2, 0) is 11.3 Å². The van der Waals surface area contributed by atoms with Gasteiger partial charge in [0.25, 0.3) is 11.1 Å². The van der Waals surface area contributed by atoms with Gasteiger partial charge in [-0.1, -0.05) is 68.3 Å². The fraction of sp³-hybridized carbons (Fsp3) is 0.111. The van der Waals surface area contributed by atoms with Crippen molar-refractivity contribution in [1.82, 2.24) is 9.47 Å². The SMILES string of the molecule is Cc1cc(/C=C2\SC(=O)N(Cc3ccc(Br)cc3)C2=O)c(C)n1-c1ccc(Br)c2ccccc12. The van der Waals surface area contributed by atoms with E-state index in [4.69, 9.17) is 0 Å². The van der Waals surface area contributed by atoms with E-state index in [1.165, 1.54) is 4.90 Å². The van der Waals surface area contributed by atoms with Gasteiger partial charge in [0.1, 0.15) is 0 Å². The van der Waals surface area contributed by atoms with E-state index in [1.807, 2.05) is 49.4 Å². The lowest BCUT2D eigenvalue weighted by Crippen LogP contribution is -2.27. The number of thioether (sulfide) groups is 1. The zero-order chi connectivity index (χ0) is 24.0. The van der Waals surface area contributed by atoms with Gasteiger partial charge < -0.3 is 4.57 Å². The van der Waals surface area contributed by atoms with Crippen molar-refractivity contribution >= 4 is 71.6 Å². The monoisotopic (exact) mass is 594 g/mol. The smallest absolute Gasteiger partial charge is 0.293 e. The maximum Gasteiger partial charge on any atom is 0.293 e. The van der Waals surface area contributed by atoms with Crippen LogP contribution in [0.15, 0.2) is 80.6 Å². The first-order chi connectivity index (χ1) is 16.3. The molecule has 5 rings (SSSR count). The molecule has 2 heterocycles. The first-order valence-corrected chi connectivity index (χ1v) is 13.1. The predicted molar refractivity (Wildman–Crippen MR) is 146 cm³/mol. The molecule has 1 fully saturated rings. The van der Waals surface area contributed by atoms with E-state index in [-0.39, 0.29) is 17.7 Å². The molecule has 34 heavy (non-hydrogen) atoms. The molecule has 0 radical (unpaired) electrons. The number of carbonyl (C=O) groups is 2. The Morgan fingerprint density at radius 3 is 2.35 bits per heavy atom. The number of carbonyl (C=O) groups excluding carboxylic acids is 2. The molecule has 1 aliphatic rings. The van der Waals surface area contributed by atoms with Gasteiger partial charge in [-0.2, -0.15) is 0 Å². The Bertz CT molecular complexity index is 1490. The topological polar surface area (TPSA) is 42.3 Å². The van der Waals surface area contributed by atoms with Crippen LogP contribution in [-0.4, -0.2) is 20.6 Å². The highest BCUT2D eigenvalue weighted by Crippen LogP contribution is 2.36. The molecule has 0 atom stereocenters. The maximum atomic E-state index is 13.1. The zero-order valence-electron chi connectivity index (χ0n) is 18.5. The van der Waals surface area contributed by atoms with Crippen molar-refractivity contribution in [2.45, 2.75) is 20.4 Å². The first-order valence-electron chi connectivity index (χ1n) is 10.7. The Morgan fingerprint density at radius 1 is 0.912 bits per heavy atom. The van der Waals surface area contributed by atoms with Crippen molar-refractivity contribution in [1.29, 1.82) is 0 Å². The van der Waals surface area contributed by atoms with Crippen molar-refractivity contribution < 1.29 is 9.59 Å². The summed E-state index contributed by atoms with van der Waals surface area (Å²) in [5.74, 6) is -0.253. The third-order valence-electron chi connectivity index (χ3n) is 5.97. The molecule has 0 unspecified atom stereocenters. The van der Waals surface area contributed by atoms with Gasteiger partial charge >= 0.3 is 0 Å². The highest BCUT2D eigenvalue weighted by molar-refractivity contribution is 9.11. The van der Waals surface area contributed by atoms with Crippen LogP contribution in [0, 0.1) is 13.8 Å². The Labute approximate surface area is 218 Å². The average Bonchev–Trinajstić information content (AvgIpc) is 3.25. The second-order valence-corrected chi connectivity index (χ2v) is 10.9. The van der Waals surface area contributed by atoms with Crippen molar-refractivity contribution in [2.24, 2.45) is 0 Å². The summed E-state index contributed by atoms with van der Waals surface area (Å²) in [6, 6.07) is 22.1. The molecule has 0 saturated carbocycles. The fourth-order valence-electron chi connectivity index (χ4n) is 4.30. The van der Waals surface area contributed by atoms with Crippen LogP contribution in [0.3, 0.4) is 0 Å². The molecule has 170 valence electrons. The van der Waals surface area contributed by atoms with E-state index in [2.05, 4.69) is 73.7 Å². The third-order valence-corrected chi connectivity index (χ3v) is 8.10. The summed E-state index contributed by atoms with van der Waals surface area (Å²) < 4.78 is 4.21. The van der Waals surface area contributed by atoms with Gasteiger partial charge in [-0.05, 0) is 78.5 Å². The number of hydrogen-bond acceptors (Lipinski definition) is 3. The molecule has 3 aromatic carbocycles. The lowest BCUT2D eigenvalue weighted by molar-refractivity contribution is -0.123. The molecule has 2 amide bonds. The number of aromatic nitrogens is 1. The molecule has 0 N–H and O–H groups in total. The molecule has 4 nitrogen and oxygen atoms in total. The van der Waals surface area contributed by atoms with Crippen molar-refractivity contribution in [3.8, 4) is 5.69 Å². The van der Waals surface area contributed by atoms with Crippen LogP contribution in [0.5, 0.6) is 0 Å². The second-order valence-electron chi connectivity index (χ2n) is 8.17. The lowest BCUT2D eigenvalue weighted by Gasteiger charge is -2.14. The molecule has 0 aliphatic carbocycles. The number of rotatable bonds is 4. The van der Waals surface area contributed by atoms with Crippen molar-refractivity contribution in [3.63, 3.8) is 0 Å². The van der Waals surface area contributed by atoms with Crippen LogP contribution in [0.25, 0.3) is 22.5 Å². The van der Waals surface area contributed by atoms with Gasteiger partial charge in [-0.25, -0.2) is 0 Å². The van der Waals surface area contributed by atoms with Gasteiger partial charge in [0.15, 0.2) is 0 Å². The summed E-state index contributed by atoms with van der Waals surface area (Å²) in [6.45, 7) is 4.36. The second kappa shape index (κ2) is 9.21. The van der Waals surface area contributed by atoms with Gasteiger partial charge in [0.05, 0.1) is 17.1 Å². The van der Waals surface area contributed by atoms with Gasteiger partial charge in [0.2, 0.25) is 0 Å². The minimum Gasteiger partial charge on any atom is -0.317 e. The predicted octanol–water partition coefficient (Wildman–Crippen LogP) is 8.01. The van der Waals surface area contributed by atoms with E-state index in [1.54, 1.807) is 0 Å². The fourth-order valence-corrected chi connectivity index (χ4v) is 5.87. The lowest BCUT2D eigenvalue weighted by atomic mass is 10.1. The molecule has 7 heteroatoms. The van der Waals surface area contributed by atoms with Gasteiger partial charge in [-0.3, -0.25) is 14.5 Å². The number of halogens is 2. The number of aryl methyl sites for hydroxylation is 1. The number of amides is 2. The molecule has 0 spiro atoms. The average molecular weight is 596 g/mol. The minimum absolute atomic E-state index is 0.244. The first kappa shape index (κ1) is 23.1. The summed E-state index contributed by atoms with van der Waals surface area (Å²) in [5, 5.41) is 2.04. The van der Waals surface area contributed by atoms with Crippen molar-refractivity contribution in [2.75, 3.05) is 0 Å². The zero-order valence-corrected chi connectivity index (χ0v) is 22.5. The number of imide groups is 1. The van der Waals surface area contributed by atoms with Crippen LogP contribution < -0.4 is 0 Å². The molecular weight excluding hydrogens is 576 g/mol. The Morgan fingerprint density at radius 2 is 1.62 bits per heavy atom. The number of benzene rings is 3. The van der Waals surface area contributed by atoms with Crippen molar-refractivity contribution in [3.05, 3.63) is 103 Å². The minimum atomic E-state index is -0.253.